The van der Waals surface area contributed by atoms with Crippen LogP contribution in [0.1, 0.15) is 38.9 Å². The molecule has 144 valence electrons. The first-order valence-electron chi connectivity index (χ1n) is 9.22. The van der Waals surface area contributed by atoms with Crippen molar-refractivity contribution in [2.45, 2.75) is 38.3 Å². The lowest BCUT2D eigenvalue weighted by atomic mass is 10.2. The molecule has 0 fully saturated rings. The summed E-state index contributed by atoms with van der Waals surface area (Å²) >= 11 is 1.38. The van der Waals surface area contributed by atoms with Gasteiger partial charge >= 0.3 is 0 Å². The van der Waals surface area contributed by atoms with Crippen molar-refractivity contribution >= 4 is 34.2 Å². The third kappa shape index (κ3) is 4.56. The lowest BCUT2D eigenvalue weighted by Gasteiger charge is -2.11. The molecule has 0 radical (unpaired) electrons. The Balaban J connectivity index is 1.75. The van der Waals surface area contributed by atoms with Gasteiger partial charge in [-0.25, -0.2) is 4.98 Å². The molecular weight excluding hydrogens is 362 g/mol. The van der Waals surface area contributed by atoms with E-state index in [0.717, 1.165) is 28.8 Å². The van der Waals surface area contributed by atoms with Gasteiger partial charge in [0.05, 0.1) is 11.3 Å². The highest BCUT2D eigenvalue weighted by atomic mass is 32.2. The molecule has 0 saturated carbocycles. The Morgan fingerprint density at radius 2 is 2.11 bits per heavy atom. The summed E-state index contributed by atoms with van der Waals surface area (Å²) in [6.45, 7) is 8.12. The summed E-state index contributed by atoms with van der Waals surface area (Å²) in [6, 6.07) is 7.92. The van der Waals surface area contributed by atoms with Crippen LogP contribution in [-0.4, -0.2) is 51.0 Å². The molecule has 27 heavy (non-hydrogen) atoms. The zero-order chi connectivity index (χ0) is 19.2. The highest BCUT2D eigenvalue weighted by Gasteiger charge is 2.17. The molecular formula is C19H25N5O2S. The Kier molecular flexibility index (Phi) is 6.63. The predicted octanol–water partition coefficient (Wildman–Crippen LogP) is 3.04. The van der Waals surface area contributed by atoms with Crippen molar-refractivity contribution < 1.29 is 9.53 Å². The number of rotatable bonds is 9. The maximum atomic E-state index is 12.1. The number of ether oxygens (including phenoxy) is 1. The largest absolute Gasteiger partial charge is 0.382 e. The zero-order valence-electron chi connectivity index (χ0n) is 15.9. The molecule has 1 aromatic carbocycles. The number of thioether (sulfide) groups is 1. The van der Waals surface area contributed by atoms with Gasteiger partial charge in [-0.15, -0.1) is 10.2 Å². The number of nitrogens with zero attached hydrogens (tertiary/aromatic N) is 4. The first-order chi connectivity index (χ1) is 13.1. The molecule has 0 spiro atoms. The standard InChI is InChI=1S/C19H25N5O2S/c1-4-26-11-7-10-20-16(25)12-27-19-23-22-18-14-8-5-6-9-15(14)21-17(13(2)3)24(18)19/h5-6,8-9,13H,4,7,10-12H2,1-3H3,(H,20,25). The molecule has 1 N–H and O–H groups in total. The summed E-state index contributed by atoms with van der Waals surface area (Å²) in [5.74, 6) is 1.38. The highest BCUT2D eigenvalue weighted by molar-refractivity contribution is 7.99. The normalized spacial score (nSPS) is 11.6. The summed E-state index contributed by atoms with van der Waals surface area (Å²) in [6.07, 6.45) is 0.811. The van der Waals surface area contributed by atoms with Crippen molar-refractivity contribution in [2.75, 3.05) is 25.5 Å². The third-order valence-electron chi connectivity index (χ3n) is 4.08. The van der Waals surface area contributed by atoms with Crippen LogP contribution in [0.2, 0.25) is 0 Å². The van der Waals surface area contributed by atoms with Crippen molar-refractivity contribution in [3.05, 3.63) is 30.1 Å². The van der Waals surface area contributed by atoms with Crippen molar-refractivity contribution in [1.29, 1.82) is 0 Å². The first kappa shape index (κ1) is 19.6. The minimum atomic E-state index is -0.0203. The van der Waals surface area contributed by atoms with Crippen LogP contribution in [0, 0.1) is 0 Å². The van der Waals surface area contributed by atoms with Gasteiger partial charge in [0.25, 0.3) is 0 Å². The highest BCUT2D eigenvalue weighted by Crippen LogP contribution is 2.26. The fraction of sp³-hybridized carbons (Fsp3) is 0.474. The van der Waals surface area contributed by atoms with Crippen LogP contribution in [0.4, 0.5) is 0 Å². The first-order valence-corrected chi connectivity index (χ1v) is 10.2. The SMILES string of the molecule is CCOCCCNC(=O)CSc1nnc2c3ccccc3nc(C(C)C)n12. The molecule has 8 heteroatoms. The van der Waals surface area contributed by atoms with Crippen LogP contribution >= 0.6 is 11.8 Å². The van der Waals surface area contributed by atoms with Gasteiger partial charge in [-0.2, -0.15) is 0 Å². The van der Waals surface area contributed by atoms with E-state index in [2.05, 4.69) is 29.4 Å². The average molecular weight is 388 g/mol. The van der Waals surface area contributed by atoms with Gasteiger partial charge in [-0.05, 0) is 25.5 Å². The quantitative estimate of drug-likeness (QED) is 0.449. The van der Waals surface area contributed by atoms with Crippen LogP contribution in [0.15, 0.2) is 29.4 Å². The molecule has 0 aliphatic carbocycles. The monoisotopic (exact) mass is 387 g/mol. The summed E-state index contributed by atoms with van der Waals surface area (Å²) in [7, 11) is 0. The molecule has 3 rings (SSSR count). The minimum Gasteiger partial charge on any atom is -0.382 e. The summed E-state index contributed by atoms with van der Waals surface area (Å²) in [4.78, 5) is 16.9. The van der Waals surface area contributed by atoms with Gasteiger partial charge < -0.3 is 10.1 Å². The van der Waals surface area contributed by atoms with E-state index in [0.29, 0.717) is 30.7 Å². The summed E-state index contributed by atoms with van der Waals surface area (Å²) < 4.78 is 7.24. The van der Waals surface area contributed by atoms with E-state index in [9.17, 15) is 4.79 Å². The van der Waals surface area contributed by atoms with Gasteiger partial charge in [0, 0.05) is 31.1 Å². The van der Waals surface area contributed by atoms with Gasteiger partial charge in [0.1, 0.15) is 5.82 Å². The lowest BCUT2D eigenvalue weighted by molar-refractivity contribution is -0.118. The molecule has 7 nitrogen and oxygen atoms in total. The van der Waals surface area contributed by atoms with Crippen LogP contribution in [0.25, 0.3) is 16.6 Å². The minimum absolute atomic E-state index is 0.0203. The number of benzene rings is 1. The molecule has 0 aliphatic heterocycles. The second kappa shape index (κ2) is 9.14. The molecule has 0 aliphatic rings. The van der Waals surface area contributed by atoms with Crippen molar-refractivity contribution in [3.63, 3.8) is 0 Å². The Bertz CT molecular complexity index is 925. The smallest absolute Gasteiger partial charge is 0.230 e. The Morgan fingerprint density at radius 1 is 1.30 bits per heavy atom. The van der Waals surface area contributed by atoms with Crippen LogP contribution in [0.3, 0.4) is 0 Å². The summed E-state index contributed by atoms with van der Waals surface area (Å²) in [5, 5.41) is 13.2. The lowest BCUT2D eigenvalue weighted by Crippen LogP contribution is -2.27. The van der Waals surface area contributed by atoms with Crippen molar-refractivity contribution in [1.82, 2.24) is 24.9 Å². The number of carbonyl (C=O) groups excluding carboxylic acids is 1. The molecule has 0 unspecified atom stereocenters. The topological polar surface area (TPSA) is 81.4 Å². The Morgan fingerprint density at radius 3 is 2.89 bits per heavy atom. The van der Waals surface area contributed by atoms with Crippen molar-refractivity contribution in [2.24, 2.45) is 0 Å². The number of para-hydroxylation sites is 1. The second-order valence-corrected chi connectivity index (χ2v) is 7.42. The molecule has 2 heterocycles. The molecule has 0 bridgehead atoms. The number of carbonyl (C=O) groups is 1. The van der Waals surface area contributed by atoms with E-state index in [4.69, 9.17) is 9.72 Å². The second-order valence-electron chi connectivity index (χ2n) is 6.47. The molecule has 1 amide bonds. The van der Waals surface area contributed by atoms with Crippen LogP contribution < -0.4 is 5.32 Å². The van der Waals surface area contributed by atoms with E-state index in [1.165, 1.54) is 11.8 Å². The van der Waals surface area contributed by atoms with Gasteiger partial charge in [-0.3, -0.25) is 9.20 Å². The van der Waals surface area contributed by atoms with E-state index in [1.54, 1.807) is 0 Å². The molecule has 0 saturated heterocycles. The number of hydrogen-bond donors (Lipinski definition) is 1. The van der Waals surface area contributed by atoms with Crippen molar-refractivity contribution in [3.8, 4) is 0 Å². The number of nitrogens with one attached hydrogen (secondary N) is 1. The predicted molar refractivity (Wildman–Crippen MR) is 107 cm³/mol. The van der Waals surface area contributed by atoms with Gasteiger partial charge in [0.2, 0.25) is 5.91 Å². The third-order valence-corrected chi connectivity index (χ3v) is 5.01. The maximum Gasteiger partial charge on any atom is 0.230 e. The van der Waals surface area contributed by atoms with E-state index >= 15 is 0 Å². The summed E-state index contributed by atoms with van der Waals surface area (Å²) in [5.41, 5.74) is 1.69. The van der Waals surface area contributed by atoms with E-state index in [-0.39, 0.29) is 11.8 Å². The molecule has 2 aromatic heterocycles. The average Bonchev–Trinajstić information content (AvgIpc) is 3.09. The zero-order valence-corrected chi connectivity index (χ0v) is 16.8. The number of fused-ring (bicyclic) bond motifs is 3. The number of amides is 1. The molecule has 3 aromatic rings. The van der Waals surface area contributed by atoms with Gasteiger partial charge in [-0.1, -0.05) is 37.7 Å². The van der Waals surface area contributed by atoms with E-state index < -0.39 is 0 Å². The fourth-order valence-corrected chi connectivity index (χ4v) is 3.56. The molecule has 0 atom stereocenters. The van der Waals surface area contributed by atoms with E-state index in [1.807, 2.05) is 35.6 Å². The maximum absolute atomic E-state index is 12.1. The fourth-order valence-electron chi connectivity index (χ4n) is 2.79. The number of aromatic nitrogens is 4. The Labute approximate surface area is 162 Å². The number of hydrogen-bond acceptors (Lipinski definition) is 6. The Hall–Kier alpha value is -2.19. The van der Waals surface area contributed by atoms with Gasteiger partial charge in [0.15, 0.2) is 10.8 Å². The van der Waals surface area contributed by atoms with Crippen LogP contribution in [-0.2, 0) is 9.53 Å². The van der Waals surface area contributed by atoms with Crippen LogP contribution in [0.5, 0.6) is 0 Å².